The highest BCUT2D eigenvalue weighted by Crippen LogP contribution is 2.28. The summed E-state index contributed by atoms with van der Waals surface area (Å²) in [6.07, 6.45) is 1.62. The Kier molecular flexibility index (Phi) is 6.01. The van der Waals surface area contributed by atoms with Crippen molar-refractivity contribution in [3.05, 3.63) is 52.4 Å². The average Bonchev–Trinajstić information content (AvgIpc) is 2.58. The van der Waals surface area contributed by atoms with E-state index in [0.717, 1.165) is 0 Å². The van der Waals surface area contributed by atoms with Crippen molar-refractivity contribution < 1.29 is 14.3 Å². The molecule has 0 aliphatic heterocycles. The maximum Gasteiger partial charge on any atom is 0.255 e. The van der Waals surface area contributed by atoms with Crippen molar-refractivity contribution in [3.63, 3.8) is 0 Å². The number of ether oxygens (including phenoxy) is 2. The van der Waals surface area contributed by atoms with Crippen LogP contribution in [0, 0.1) is 0 Å². The van der Waals surface area contributed by atoms with Gasteiger partial charge in [0, 0.05) is 24.4 Å². The van der Waals surface area contributed by atoms with Crippen molar-refractivity contribution in [2.24, 2.45) is 0 Å². The second-order valence-corrected chi connectivity index (χ2v) is 5.02. The lowest BCUT2D eigenvalue weighted by atomic mass is 10.2. The number of benzene rings is 1. The molecule has 1 N–H and O–H groups in total. The Morgan fingerprint density at radius 2 is 1.75 bits per heavy atom. The monoisotopic (exact) mass is 330 g/mol. The minimum atomic E-state index is -0.277. The van der Waals surface area contributed by atoms with Crippen molar-refractivity contribution in [2.45, 2.75) is 27.3 Å². The number of carbonyl (C=O) groups is 1. The Hall–Kier alpha value is -2.76. The molecule has 1 aromatic heterocycles. The minimum absolute atomic E-state index is 0.102. The number of hydrogen-bond acceptors (Lipinski definition) is 4. The molecular formula is C18H22N2O4. The number of pyridine rings is 1. The third kappa shape index (κ3) is 4.16. The molecule has 1 amide bonds. The molecule has 0 saturated heterocycles. The van der Waals surface area contributed by atoms with Gasteiger partial charge in [0.2, 0.25) is 0 Å². The lowest BCUT2D eigenvalue weighted by Crippen LogP contribution is -2.19. The van der Waals surface area contributed by atoms with Gasteiger partial charge in [0.05, 0.1) is 18.9 Å². The maximum atomic E-state index is 12.4. The molecule has 0 spiro atoms. The highest BCUT2D eigenvalue weighted by molar-refractivity contribution is 6.04. The summed E-state index contributed by atoms with van der Waals surface area (Å²) in [6, 6.07) is 8.07. The predicted molar refractivity (Wildman–Crippen MR) is 93.1 cm³/mol. The van der Waals surface area contributed by atoms with Crippen molar-refractivity contribution in [1.82, 2.24) is 4.57 Å². The Morgan fingerprint density at radius 3 is 2.42 bits per heavy atom. The molecular weight excluding hydrogens is 308 g/mol. The van der Waals surface area contributed by atoms with Crippen LogP contribution in [0.25, 0.3) is 0 Å². The molecule has 0 fully saturated rings. The lowest BCUT2D eigenvalue weighted by Gasteiger charge is -2.13. The SMILES string of the molecule is CCOc1ccc(C(=O)Nc2ccc(=O)n(CC)c2)cc1OCC. The largest absolute Gasteiger partial charge is 0.490 e. The van der Waals surface area contributed by atoms with Crippen LogP contribution in [0.15, 0.2) is 41.3 Å². The van der Waals surface area contributed by atoms with E-state index in [1.165, 1.54) is 10.6 Å². The molecule has 0 aliphatic carbocycles. The number of nitrogens with one attached hydrogen (secondary N) is 1. The van der Waals surface area contributed by atoms with Gasteiger partial charge in [0.15, 0.2) is 11.5 Å². The highest BCUT2D eigenvalue weighted by Gasteiger charge is 2.12. The van der Waals surface area contributed by atoms with Crippen molar-refractivity contribution in [1.29, 1.82) is 0 Å². The molecule has 0 saturated carbocycles. The summed E-state index contributed by atoms with van der Waals surface area (Å²) >= 11 is 0. The number of aryl methyl sites for hydroxylation is 1. The summed E-state index contributed by atoms with van der Waals surface area (Å²) in [5.74, 6) is 0.862. The standard InChI is InChI=1S/C18H22N2O4/c1-4-20-12-14(8-10-17(20)21)19-18(22)13-7-9-15(23-5-2)16(11-13)24-6-3/h7-12H,4-6H2,1-3H3,(H,19,22). The van der Waals surface area contributed by atoms with Gasteiger partial charge >= 0.3 is 0 Å². The zero-order valence-electron chi connectivity index (χ0n) is 14.2. The van der Waals surface area contributed by atoms with Crippen molar-refractivity contribution >= 4 is 11.6 Å². The second kappa shape index (κ2) is 8.19. The van der Waals surface area contributed by atoms with Gasteiger partial charge in [0.1, 0.15) is 0 Å². The number of hydrogen-bond donors (Lipinski definition) is 1. The van der Waals surface area contributed by atoms with Gasteiger partial charge in [-0.15, -0.1) is 0 Å². The number of nitrogens with zero attached hydrogens (tertiary/aromatic N) is 1. The fraction of sp³-hybridized carbons (Fsp3) is 0.333. The molecule has 6 heteroatoms. The van der Waals surface area contributed by atoms with Gasteiger partial charge in [-0.1, -0.05) is 0 Å². The Morgan fingerprint density at radius 1 is 1.04 bits per heavy atom. The summed E-state index contributed by atoms with van der Waals surface area (Å²) in [5, 5.41) is 2.79. The van der Waals surface area contributed by atoms with E-state index >= 15 is 0 Å². The van der Waals surface area contributed by atoms with E-state index in [0.29, 0.717) is 42.5 Å². The molecule has 2 aromatic rings. The van der Waals surface area contributed by atoms with Gasteiger partial charge in [0.25, 0.3) is 11.5 Å². The predicted octanol–water partition coefficient (Wildman–Crippen LogP) is 2.92. The van der Waals surface area contributed by atoms with Gasteiger partial charge in [-0.2, -0.15) is 0 Å². The number of amides is 1. The molecule has 128 valence electrons. The van der Waals surface area contributed by atoms with Crippen LogP contribution >= 0.6 is 0 Å². The van der Waals surface area contributed by atoms with Gasteiger partial charge in [-0.3, -0.25) is 9.59 Å². The fourth-order valence-corrected chi connectivity index (χ4v) is 2.25. The van der Waals surface area contributed by atoms with E-state index in [-0.39, 0.29) is 11.5 Å². The van der Waals surface area contributed by atoms with Crippen LogP contribution in [0.5, 0.6) is 11.5 Å². The number of carbonyl (C=O) groups excluding carboxylic acids is 1. The van der Waals surface area contributed by atoms with Crippen LogP contribution in [-0.2, 0) is 6.54 Å². The maximum absolute atomic E-state index is 12.4. The molecule has 0 bridgehead atoms. The molecule has 6 nitrogen and oxygen atoms in total. The number of anilines is 1. The zero-order chi connectivity index (χ0) is 17.5. The third-order valence-corrected chi connectivity index (χ3v) is 3.39. The van der Waals surface area contributed by atoms with Gasteiger partial charge in [-0.25, -0.2) is 0 Å². The third-order valence-electron chi connectivity index (χ3n) is 3.39. The van der Waals surface area contributed by atoms with E-state index in [9.17, 15) is 9.59 Å². The van der Waals surface area contributed by atoms with Crippen molar-refractivity contribution in [3.8, 4) is 11.5 Å². The van der Waals surface area contributed by atoms with Crippen LogP contribution in [0.4, 0.5) is 5.69 Å². The van der Waals surface area contributed by atoms with Crippen molar-refractivity contribution in [2.75, 3.05) is 18.5 Å². The van der Waals surface area contributed by atoms with E-state index in [4.69, 9.17) is 9.47 Å². The summed E-state index contributed by atoms with van der Waals surface area (Å²) in [7, 11) is 0. The topological polar surface area (TPSA) is 69.6 Å². The van der Waals surface area contributed by atoms with E-state index < -0.39 is 0 Å². The van der Waals surface area contributed by atoms with Gasteiger partial charge in [-0.05, 0) is 45.0 Å². The molecule has 1 heterocycles. The molecule has 0 radical (unpaired) electrons. The van der Waals surface area contributed by atoms with Crippen LogP contribution in [0.1, 0.15) is 31.1 Å². The quantitative estimate of drug-likeness (QED) is 0.847. The summed E-state index contributed by atoms with van der Waals surface area (Å²) in [5.41, 5.74) is 0.916. The summed E-state index contributed by atoms with van der Waals surface area (Å²) < 4.78 is 12.6. The Bertz CT molecular complexity index is 768. The number of rotatable bonds is 7. The molecule has 1 aromatic carbocycles. The molecule has 24 heavy (non-hydrogen) atoms. The minimum Gasteiger partial charge on any atom is -0.490 e. The van der Waals surface area contributed by atoms with E-state index in [1.807, 2.05) is 20.8 Å². The smallest absolute Gasteiger partial charge is 0.255 e. The number of aromatic nitrogens is 1. The molecule has 0 atom stereocenters. The first-order chi connectivity index (χ1) is 11.6. The highest BCUT2D eigenvalue weighted by atomic mass is 16.5. The van der Waals surface area contributed by atoms with E-state index in [2.05, 4.69) is 5.32 Å². The summed E-state index contributed by atoms with van der Waals surface area (Å²) in [4.78, 5) is 24.0. The zero-order valence-corrected chi connectivity index (χ0v) is 14.2. The first-order valence-electron chi connectivity index (χ1n) is 8.00. The van der Waals surface area contributed by atoms with Crippen LogP contribution in [0.3, 0.4) is 0 Å². The van der Waals surface area contributed by atoms with Crippen LogP contribution in [0.2, 0.25) is 0 Å². The molecule has 2 rings (SSSR count). The van der Waals surface area contributed by atoms with Crippen LogP contribution in [-0.4, -0.2) is 23.7 Å². The molecule has 0 aliphatic rings. The first-order valence-corrected chi connectivity index (χ1v) is 8.00. The van der Waals surface area contributed by atoms with Gasteiger partial charge < -0.3 is 19.4 Å². The molecule has 0 unspecified atom stereocenters. The Labute approximate surface area is 141 Å². The van der Waals surface area contributed by atoms with Crippen LogP contribution < -0.4 is 20.3 Å². The van der Waals surface area contributed by atoms with E-state index in [1.54, 1.807) is 30.5 Å². The Balaban J connectivity index is 2.23. The average molecular weight is 330 g/mol. The normalized spacial score (nSPS) is 10.3. The summed E-state index contributed by atoms with van der Waals surface area (Å²) in [6.45, 7) is 7.17. The fourth-order valence-electron chi connectivity index (χ4n) is 2.25. The lowest BCUT2D eigenvalue weighted by molar-refractivity contribution is 0.102. The second-order valence-electron chi connectivity index (χ2n) is 5.02. The first kappa shape index (κ1) is 17.6.